The molecule has 0 aliphatic carbocycles. The Kier molecular flexibility index (Phi) is 41.2. The summed E-state index contributed by atoms with van der Waals surface area (Å²) in [5, 5.41) is 2.78. The molecule has 0 heterocycles. The van der Waals surface area contributed by atoms with E-state index in [9.17, 15) is 28.8 Å². The predicted molar refractivity (Wildman–Crippen MR) is 178 cm³/mol. The predicted octanol–water partition coefficient (Wildman–Crippen LogP) is 0.144. The highest BCUT2D eigenvalue weighted by Crippen LogP contribution is 2.17. The van der Waals surface area contributed by atoms with Crippen molar-refractivity contribution in [1.29, 1.82) is 0 Å². The Bertz CT molecular complexity index is 851. The Hall–Kier alpha value is -1.06. The Balaban J connectivity index is -0.000000290. The van der Waals surface area contributed by atoms with E-state index < -0.39 is 47.8 Å². The first-order valence-corrected chi connectivity index (χ1v) is 14.7. The van der Waals surface area contributed by atoms with E-state index in [-0.39, 0.29) is 25.0 Å². The van der Waals surface area contributed by atoms with Gasteiger partial charge in [0.1, 0.15) is 6.04 Å². The Morgan fingerprint density at radius 2 is 1.25 bits per heavy atom. The highest BCUT2D eigenvalue weighted by molar-refractivity contribution is 7.11. The molecule has 17 nitrogen and oxygen atoms in total. The zero-order valence-corrected chi connectivity index (χ0v) is 31.8. The van der Waals surface area contributed by atoms with Crippen LogP contribution >= 0.6 is 56.8 Å². The van der Waals surface area contributed by atoms with Crippen molar-refractivity contribution in [2.24, 2.45) is 11.7 Å². The Morgan fingerprint density at radius 3 is 1.59 bits per heavy atom. The number of ether oxygens (including phenoxy) is 3. The minimum Gasteiger partial charge on any atom is -0.451 e. The van der Waals surface area contributed by atoms with Gasteiger partial charge in [0.05, 0.1) is 94.3 Å². The number of carbonyl (C=O) groups excluding carboxylic acids is 6. The smallest absolute Gasteiger partial charge is 0.336 e. The summed E-state index contributed by atoms with van der Waals surface area (Å²) in [6.07, 6.45) is 0.138. The lowest BCUT2D eigenvalue weighted by Gasteiger charge is -2.23. The van der Waals surface area contributed by atoms with Gasteiger partial charge in [-0.3, -0.25) is 19.2 Å². The van der Waals surface area contributed by atoms with Gasteiger partial charge in [-0.15, -0.1) is 0 Å². The molecule has 0 aliphatic heterocycles. The van der Waals surface area contributed by atoms with E-state index in [4.69, 9.17) is 10.5 Å². The number of nitrogens with two attached hydrogens (primary N) is 1. The van der Waals surface area contributed by atoms with Crippen LogP contribution in [0.1, 0.15) is 19.8 Å². The molecule has 3 N–H and O–H groups in total. The average Bonchev–Trinajstić information content (AvgIpc) is 3.05. The molecule has 0 amide bonds. The second-order valence-electron chi connectivity index (χ2n) is 7.14. The molecule has 0 radical (unpaired) electrons. The van der Waals surface area contributed by atoms with E-state index in [0.717, 1.165) is 12.7 Å². The third-order valence-corrected chi connectivity index (χ3v) is 5.67. The van der Waals surface area contributed by atoms with Crippen molar-refractivity contribution in [2.75, 3.05) is 54.2 Å². The fourth-order valence-corrected chi connectivity index (χ4v) is 2.90. The van der Waals surface area contributed by atoms with Crippen LogP contribution in [-0.2, 0) is 70.1 Å². The molecule has 0 saturated heterocycles. The zero-order valence-electron chi connectivity index (χ0n) is 24.8. The monoisotopic (exact) mass is 750 g/mol. The van der Waals surface area contributed by atoms with Crippen LogP contribution in [0.25, 0.3) is 0 Å². The fraction of sp³-hybridized carbons (Fsp3) is 0.619. The maximum absolute atomic E-state index is 11.7. The van der Waals surface area contributed by atoms with E-state index in [1.807, 2.05) is 6.92 Å². The van der Waals surface area contributed by atoms with E-state index >= 15 is 0 Å². The van der Waals surface area contributed by atoms with Gasteiger partial charge >= 0.3 is 35.8 Å². The lowest BCUT2D eigenvalue weighted by molar-refractivity contribution is -0.150. The van der Waals surface area contributed by atoms with Gasteiger partial charge in [-0.25, -0.2) is 9.59 Å². The first-order valence-electron chi connectivity index (χ1n) is 11.9. The lowest BCUT2D eigenvalue weighted by Crippen LogP contribution is -2.48. The fourth-order valence-electron chi connectivity index (χ4n) is 2.18. The number of hydrogen-bond donors (Lipinski definition) is 2. The molecule has 0 aliphatic rings. The van der Waals surface area contributed by atoms with Crippen molar-refractivity contribution >= 4 is 92.6 Å². The van der Waals surface area contributed by atoms with Crippen LogP contribution in [0.3, 0.4) is 0 Å². The van der Waals surface area contributed by atoms with Gasteiger partial charge in [0.2, 0.25) is 0 Å². The first kappa shape index (κ1) is 49.8. The average molecular weight is 750 g/mol. The summed E-state index contributed by atoms with van der Waals surface area (Å²) in [6.45, 7) is 4.67. The molecular weight excluding hydrogens is 706 g/mol. The summed E-state index contributed by atoms with van der Waals surface area (Å²) in [4.78, 5) is 67.5. The summed E-state index contributed by atoms with van der Waals surface area (Å²) in [6, 6.07) is -1.06. The van der Waals surface area contributed by atoms with Crippen LogP contribution in [0, 0.1) is 5.92 Å². The molecule has 0 rings (SSSR count). The third-order valence-electron chi connectivity index (χ3n) is 4.23. The summed E-state index contributed by atoms with van der Waals surface area (Å²) in [5.74, 6) is -5.54. The number of nitrogens with one attached hydrogen (secondary N) is 1. The van der Waals surface area contributed by atoms with Crippen molar-refractivity contribution in [3.05, 3.63) is 11.6 Å². The van der Waals surface area contributed by atoms with E-state index in [1.165, 1.54) is 7.11 Å². The molecule has 0 fully saturated rings. The van der Waals surface area contributed by atoms with Gasteiger partial charge < -0.3 is 52.4 Å². The van der Waals surface area contributed by atoms with Crippen molar-refractivity contribution in [3.8, 4) is 0 Å². The summed E-state index contributed by atoms with van der Waals surface area (Å²) in [7, 11) is 15.3. The molecule has 0 spiro atoms. The summed E-state index contributed by atoms with van der Waals surface area (Å²) < 4.78 is 40.2. The maximum Gasteiger partial charge on any atom is 0.336 e. The van der Waals surface area contributed by atoms with Crippen LogP contribution in [0.5, 0.6) is 0 Å². The minimum atomic E-state index is -1.08. The van der Waals surface area contributed by atoms with Gasteiger partial charge in [0.15, 0.2) is 0 Å². The number of rotatable bonds is 16. The van der Waals surface area contributed by atoms with Gasteiger partial charge in [0, 0.05) is 47.1 Å². The molecule has 23 heteroatoms. The molecule has 8 atom stereocenters. The van der Waals surface area contributed by atoms with Crippen LogP contribution in [0.4, 0.5) is 0 Å². The van der Waals surface area contributed by atoms with E-state index in [0.29, 0.717) is 19.8 Å². The normalized spacial score (nSPS) is 11.2. The standard InChI is InChI=1S/C9H18NO7P3.C6H9O6P3.C3H9NO.C3H8O/c1-14-3-2-10-7(9(13)17-20)5(8(12)16-19)4-6(11)15-18;7-4(10-13)1-3(6(9)12-15)2-5(8)11-14;1-5-3-2-4;1-3-4-2/h5,7,10H,2-4,18-20H2,1H3;1H,2,13-15H2;2-4H2,1H3;3H2,1-2H3/b;3-1-;;. The number of hydrogen-bond acceptors (Lipinski definition) is 17. The highest BCUT2D eigenvalue weighted by Gasteiger charge is 2.37. The maximum atomic E-state index is 11.7. The Morgan fingerprint density at radius 1 is 0.727 bits per heavy atom. The van der Waals surface area contributed by atoms with Crippen LogP contribution < -0.4 is 11.1 Å². The SMILES string of the molecule is CCOC.COCCN.COCCNC(C(=O)OP)C(CC(=O)OP)C(=O)OP.O=C(/C=C(/CC(=O)OP)C(=O)OP)OP. The Labute approximate surface area is 271 Å². The highest BCUT2D eigenvalue weighted by atomic mass is 31.0. The van der Waals surface area contributed by atoms with Crippen molar-refractivity contribution < 1.29 is 70.1 Å². The molecule has 0 aromatic heterocycles. The quantitative estimate of drug-likeness (QED) is 0.122. The molecule has 0 saturated carbocycles. The van der Waals surface area contributed by atoms with E-state index in [2.05, 4.69) is 41.9 Å². The van der Waals surface area contributed by atoms with Gasteiger partial charge in [-0.2, -0.15) is 0 Å². The number of methoxy groups -OCH3 is 3. The van der Waals surface area contributed by atoms with Crippen LogP contribution in [-0.4, -0.2) is 96.1 Å². The van der Waals surface area contributed by atoms with Gasteiger partial charge in [-0.05, 0) is 6.92 Å². The summed E-state index contributed by atoms with van der Waals surface area (Å²) >= 11 is 0. The minimum absolute atomic E-state index is 0.162. The van der Waals surface area contributed by atoms with Crippen LogP contribution in [0.15, 0.2) is 11.6 Å². The largest absolute Gasteiger partial charge is 0.451 e. The molecule has 8 unspecified atom stereocenters. The zero-order chi connectivity index (χ0) is 34.9. The van der Waals surface area contributed by atoms with Crippen molar-refractivity contribution in [2.45, 2.75) is 25.8 Å². The topological polar surface area (TPSA) is 224 Å². The molecule has 0 aromatic rings. The summed E-state index contributed by atoms with van der Waals surface area (Å²) in [5.41, 5.74) is 4.85. The third kappa shape index (κ3) is 29.6. The van der Waals surface area contributed by atoms with Gasteiger partial charge in [0.25, 0.3) is 0 Å². The van der Waals surface area contributed by atoms with Gasteiger partial charge in [-0.1, -0.05) is 0 Å². The van der Waals surface area contributed by atoms with Crippen molar-refractivity contribution in [1.82, 2.24) is 5.32 Å². The van der Waals surface area contributed by atoms with Crippen LogP contribution in [0.2, 0.25) is 0 Å². The molecule has 0 bridgehead atoms. The molecule has 0 aromatic carbocycles. The molecule has 258 valence electrons. The van der Waals surface area contributed by atoms with Crippen molar-refractivity contribution in [3.63, 3.8) is 0 Å². The lowest BCUT2D eigenvalue weighted by atomic mass is 9.96. The molecular formula is C21H44N2O15P6. The van der Waals surface area contributed by atoms with E-state index in [1.54, 1.807) is 71.0 Å². The first-order chi connectivity index (χ1) is 20.9. The second-order valence-corrected chi connectivity index (χ2v) is 8.55. The number of carbonyl (C=O) groups is 6. The second kappa shape index (κ2) is 36.4. The molecule has 44 heavy (non-hydrogen) atoms.